The molecule has 2 heterocycles. The second-order valence-corrected chi connectivity index (χ2v) is 10.9. The molecule has 0 fully saturated rings. The van der Waals surface area contributed by atoms with Crippen molar-refractivity contribution in [2.24, 2.45) is 0 Å². The third-order valence-corrected chi connectivity index (χ3v) is 6.86. The van der Waals surface area contributed by atoms with E-state index in [1.165, 1.54) is 28.8 Å². The highest BCUT2D eigenvalue weighted by Crippen LogP contribution is 2.33. The number of rotatable bonds is 7. The van der Waals surface area contributed by atoms with Crippen molar-refractivity contribution in [1.82, 2.24) is 9.88 Å². The average molecular weight is 501 g/mol. The molecule has 0 spiro atoms. The van der Waals surface area contributed by atoms with Gasteiger partial charge in [-0.05, 0) is 91.8 Å². The minimum absolute atomic E-state index is 0.144. The van der Waals surface area contributed by atoms with E-state index in [1.54, 1.807) is 30.5 Å². The lowest BCUT2D eigenvalue weighted by molar-refractivity contribution is 0.102. The van der Waals surface area contributed by atoms with Crippen LogP contribution in [0, 0.1) is 5.82 Å². The molecule has 0 unspecified atom stereocenters. The van der Waals surface area contributed by atoms with E-state index in [0.29, 0.717) is 23.8 Å². The van der Waals surface area contributed by atoms with Crippen molar-refractivity contribution < 1.29 is 9.18 Å². The van der Waals surface area contributed by atoms with E-state index >= 15 is 0 Å². The maximum absolute atomic E-state index is 13.3. The second-order valence-electron chi connectivity index (χ2n) is 10.9. The topological polar surface area (TPSA) is 57.3 Å². The number of pyridine rings is 1. The van der Waals surface area contributed by atoms with Gasteiger partial charge in [0.15, 0.2) is 0 Å². The Hall–Kier alpha value is -3.51. The Bertz CT molecular complexity index is 1280. The minimum Gasteiger partial charge on any atom is -0.365 e. The van der Waals surface area contributed by atoms with Gasteiger partial charge >= 0.3 is 0 Å². The highest BCUT2D eigenvalue weighted by molar-refractivity contribution is 6.07. The summed E-state index contributed by atoms with van der Waals surface area (Å²) < 4.78 is 13.2. The van der Waals surface area contributed by atoms with Crippen LogP contribution < -0.4 is 10.6 Å². The van der Waals surface area contributed by atoms with Crippen molar-refractivity contribution in [3.05, 3.63) is 94.9 Å². The van der Waals surface area contributed by atoms with Gasteiger partial charge in [-0.15, -0.1) is 0 Å². The van der Waals surface area contributed by atoms with Crippen molar-refractivity contribution in [3.63, 3.8) is 0 Å². The number of aromatic nitrogens is 1. The molecule has 37 heavy (non-hydrogen) atoms. The molecule has 1 aliphatic rings. The number of nitrogens with zero attached hydrogens (tertiary/aromatic N) is 2. The van der Waals surface area contributed by atoms with Crippen molar-refractivity contribution in [1.29, 1.82) is 0 Å². The van der Waals surface area contributed by atoms with Gasteiger partial charge in [-0.1, -0.05) is 38.1 Å². The van der Waals surface area contributed by atoms with Crippen molar-refractivity contribution in [3.8, 4) is 0 Å². The Morgan fingerprint density at radius 2 is 1.86 bits per heavy atom. The smallest absolute Gasteiger partial charge is 0.259 e. The van der Waals surface area contributed by atoms with Gasteiger partial charge in [0.1, 0.15) is 11.6 Å². The molecule has 1 aromatic heterocycles. The fraction of sp³-hybridized carbons (Fsp3) is 0.355. The van der Waals surface area contributed by atoms with E-state index in [-0.39, 0.29) is 17.3 Å². The summed E-state index contributed by atoms with van der Waals surface area (Å²) in [4.78, 5) is 20.1. The van der Waals surface area contributed by atoms with Crippen LogP contribution >= 0.6 is 0 Å². The largest absolute Gasteiger partial charge is 0.365 e. The molecular weight excluding hydrogens is 463 g/mol. The maximum Gasteiger partial charge on any atom is 0.259 e. The summed E-state index contributed by atoms with van der Waals surface area (Å²) in [5.41, 5.74) is 6.10. The van der Waals surface area contributed by atoms with Crippen LogP contribution in [-0.4, -0.2) is 34.4 Å². The van der Waals surface area contributed by atoms with Crippen LogP contribution in [0.4, 0.5) is 15.9 Å². The Labute approximate surface area is 219 Å². The molecule has 1 amide bonds. The third kappa shape index (κ3) is 6.63. The first-order chi connectivity index (χ1) is 17.6. The number of amides is 1. The maximum atomic E-state index is 13.3. The number of nitrogens with one attached hydrogen (secondary N) is 2. The van der Waals surface area contributed by atoms with Gasteiger partial charge in [-0.3, -0.25) is 9.69 Å². The van der Waals surface area contributed by atoms with Crippen LogP contribution in [0.15, 0.2) is 66.9 Å². The zero-order valence-electron chi connectivity index (χ0n) is 22.4. The van der Waals surface area contributed by atoms with E-state index in [2.05, 4.69) is 73.3 Å². The molecule has 6 heteroatoms. The number of anilines is 2. The van der Waals surface area contributed by atoms with Crippen LogP contribution in [0.1, 0.15) is 74.0 Å². The lowest BCUT2D eigenvalue weighted by atomic mass is 9.88. The van der Waals surface area contributed by atoms with Gasteiger partial charge in [0.2, 0.25) is 0 Å². The zero-order chi connectivity index (χ0) is 26.6. The summed E-state index contributed by atoms with van der Waals surface area (Å²) in [6, 6.07) is 16.0. The molecular formula is C31H37FN4O. The summed E-state index contributed by atoms with van der Waals surface area (Å²) in [5, 5.41) is 6.29. The third-order valence-electron chi connectivity index (χ3n) is 6.86. The van der Waals surface area contributed by atoms with Gasteiger partial charge < -0.3 is 10.6 Å². The van der Waals surface area contributed by atoms with Gasteiger partial charge in [0.05, 0.1) is 5.56 Å². The van der Waals surface area contributed by atoms with Crippen molar-refractivity contribution in [2.75, 3.05) is 23.7 Å². The highest BCUT2D eigenvalue weighted by Gasteiger charge is 2.24. The van der Waals surface area contributed by atoms with E-state index in [4.69, 9.17) is 0 Å². The molecule has 194 valence electrons. The molecule has 0 radical (unpaired) electrons. The Morgan fingerprint density at radius 3 is 2.51 bits per heavy atom. The first-order valence-electron chi connectivity index (χ1n) is 12.9. The molecule has 2 N–H and O–H groups in total. The Balaban J connectivity index is 1.53. The first kappa shape index (κ1) is 26.6. The molecule has 0 bridgehead atoms. The van der Waals surface area contributed by atoms with E-state index in [1.807, 2.05) is 6.07 Å². The zero-order valence-corrected chi connectivity index (χ0v) is 22.4. The summed E-state index contributed by atoms with van der Waals surface area (Å²) >= 11 is 0. The fourth-order valence-corrected chi connectivity index (χ4v) is 4.65. The summed E-state index contributed by atoms with van der Waals surface area (Å²) in [6.45, 7) is 13.5. The monoisotopic (exact) mass is 500 g/mol. The van der Waals surface area contributed by atoms with E-state index in [0.717, 1.165) is 30.8 Å². The van der Waals surface area contributed by atoms with Crippen molar-refractivity contribution in [2.45, 2.75) is 59.0 Å². The predicted molar refractivity (Wildman–Crippen MR) is 150 cm³/mol. The second kappa shape index (κ2) is 11.3. The van der Waals surface area contributed by atoms with Crippen LogP contribution in [-0.2, 0) is 6.54 Å². The molecule has 5 nitrogen and oxygen atoms in total. The van der Waals surface area contributed by atoms with E-state index in [9.17, 15) is 9.18 Å². The highest BCUT2D eigenvalue weighted by atomic mass is 19.1. The van der Waals surface area contributed by atoms with Crippen LogP contribution in [0.2, 0.25) is 0 Å². The quantitative estimate of drug-likeness (QED) is 0.363. The molecule has 0 aliphatic carbocycles. The van der Waals surface area contributed by atoms with Gasteiger partial charge in [-0.25, -0.2) is 9.37 Å². The van der Waals surface area contributed by atoms with Crippen LogP contribution in [0.3, 0.4) is 0 Å². The van der Waals surface area contributed by atoms with Crippen molar-refractivity contribution >= 4 is 23.0 Å². The number of carbonyl (C=O) groups is 1. The molecule has 1 aliphatic heterocycles. The molecule has 2 aromatic carbocycles. The van der Waals surface area contributed by atoms with Crippen LogP contribution in [0.25, 0.3) is 5.57 Å². The Morgan fingerprint density at radius 1 is 1.11 bits per heavy atom. The van der Waals surface area contributed by atoms with Crippen LogP contribution in [0.5, 0.6) is 0 Å². The van der Waals surface area contributed by atoms with E-state index < -0.39 is 0 Å². The summed E-state index contributed by atoms with van der Waals surface area (Å²) in [5.74, 6) is 0.358. The number of hydrogen-bond acceptors (Lipinski definition) is 4. The predicted octanol–water partition coefficient (Wildman–Crippen LogP) is 7.10. The lowest BCUT2D eigenvalue weighted by Gasteiger charge is -2.38. The Kier molecular flexibility index (Phi) is 8.08. The molecule has 0 saturated carbocycles. The SMILES string of the molecule is CC(C)c1ccc(NC(=O)c2cccnc2NCc2ccc(F)cc2)cc1C1=CCN(C(C)(C)C)CC1. The molecule has 0 atom stereocenters. The molecule has 0 saturated heterocycles. The average Bonchev–Trinajstić information content (AvgIpc) is 2.88. The minimum atomic E-state index is -0.278. The molecule has 4 rings (SSSR count). The number of hydrogen-bond donors (Lipinski definition) is 2. The first-order valence-corrected chi connectivity index (χ1v) is 12.9. The normalized spacial score (nSPS) is 14.4. The van der Waals surface area contributed by atoms with Gasteiger partial charge in [0.25, 0.3) is 5.91 Å². The molecule has 3 aromatic rings. The number of benzene rings is 2. The number of halogens is 1. The summed E-state index contributed by atoms with van der Waals surface area (Å²) in [6.07, 6.45) is 4.96. The fourth-order valence-electron chi connectivity index (χ4n) is 4.65. The summed E-state index contributed by atoms with van der Waals surface area (Å²) in [7, 11) is 0. The van der Waals surface area contributed by atoms with Gasteiger partial charge in [0, 0.05) is 37.1 Å². The lowest BCUT2D eigenvalue weighted by Crippen LogP contribution is -2.43. The standard InChI is InChI=1S/C31H37FN4O/c1-21(2)26-13-12-25(19-28(26)23-14-17-36(18-15-23)31(3,4)5)35-30(37)27-7-6-16-33-29(27)34-20-22-8-10-24(32)11-9-22/h6-14,16,19,21H,15,17-18,20H2,1-5H3,(H,33,34)(H,35,37). The number of carbonyl (C=O) groups excluding carboxylic acids is 1. The van der Waals surface area contributed by atoms with Gasteiger partial charge in [-0.2, -0.15) is 0 Å².